The highest BCUT2D eigenvalue weighted by Crippen LogP contribution is 2.39. The van der Waals surface area contributed by atoms with Gasteiger partial charge in [0.2, 0.25) is 5.75 Å². The smallest absolute Gasteiger partial charge is 0.200 e. The molecule has 0 aliphatic heterocycles. The number of phenolic OH excluding ortho intramolecular Hbond substituents is 3. The molecule has 1 rings (SSSR count). The lowest BCUT2D eigenvalue weighted by molar-refractivity contribution is -0.107. The lowest BCUT2D eigenvalue weighted by Crippen LogP contribution is -1.89. The number of rotatable bonds is 2. The van der Waals surface area contributed by atoms with Gasteiger partial charge in [0.15, 0.2) is 11.5 Å². The molecule has 13 heavy (non-hydrogen) atoms. The van der Waals surface area contributed by atoms with Crippen LogP contribution in [0.15, 0.2) is 6.07 Å². The Bertz CT molecular complexity index is 344. The van der Waals surface area contributed by atoms with E-state index in [1.807, 2.05) is 0 Å². The molecule has 0 fully saturated rings. The summed E-state index contributed by atoms with van der Waals surface area (Å²) in [7, 11) is 0. The van der Waals surface area contributed by atoms with Gasteiger partial charge in [0.25, 0.3) is 0 Å². The highest BCUT2D eigenvalue weighted by atomic mass is 16.3. The first-order chi connectivity index (χ1) is 6.07. The van der Waals surface area contributed by atoms with Gasteiger partial charge in [-0.3, -0.25) is 0 Å². The molecule has 1 aromatic carbocycles. The molecule has 4 heteroatoms. The first-order valence-corrected chi connectivity index (χ1v) is 3.75. The van der Waals surface area contributed by atoms with Gasteiger partial charge in [-0.05, 0) is 18.6 Å². The lowest BCUT2D eigenvalue weighted by Gasteiger charge is -2.07. The molecule has 0 aliphatic rings. The number of carbonyl (C=O) groups excluding carboxylic acids is 1. The van der Waals surface area contributed by atoms with Gasteiger partial charge < -0.3 is 20.1 Å². The zero-order valence-corrected chi connectivity index (χ0v) is 7.11. The SMILES string of the molecule is Cc1cc(CC=O)c(O)c(O)c1O. The van der Waals surface area contributed by atoms with Gasteiger partial charge in [0.05, 0.1) is 0 Å². The van der Waals surface area contributed by atoms with E-state index in [9.17, 15) is 20.1 Å². The average molecular weight is 182 g/mol. The maximum absolute atomic E-state index is 10.2. The molecular formula is C9H10O4. The van der Waals surface area contributed by atoms with Crippen molar-refractivity contribution in [2.75, 3.05) is 0 Å². The number of aldehydes is 1. The fourth-order valence-corrected chi connectivity index (χ4v) is 1.09. The maximum Gasteiger partial charge on any atom is 0.200 e. The Labute approximate surface area is 75.1 Å². The van der Waals surface area contributed by atoms with E-state index in [1.165, 1.54) is 6.07 Å². The van der Waals surface area contributed by atoms with Crippen molar-refractivity contribution >= 4 is 6.29 Å². The molecule has 1 aromatic rings. The van der Waals surface area contributed by atoms with Gasteiger partial charge in [-0.25, -0.2) is 0 Å². The summed E-state index contributed by atoms with van der Waals surface area (Å²) in [4.78, 5) is 10.2. The van der Waals surface area contributed by atoms with E-state index in [2.05, 4.69) is 0 Å². The summed E-state index contributed by atoms with van der Waals surface area (Å²) < 4.78 is 0. The zero-order valence-electron chi connectivity index (χ0n) is 7.11. The Morgan fingerprint density at radius 1 is 1.23 bits per heavy atom. The minimum atomic E-state index is -0.572. The minimum absolute atomic E-state index is 0.0144. The quantitative estimate of drug-likeness (QED) is 0.468. The second kappa shape index (κ2) is 3.35. The standard InChI is InChI=1S/C9H10O4/c1-5-4-6(2-3-10)8(12)9(13)7(5)11/h3-4,11-13H,2H2,1H3. The largest absolute Gasteiger partial charge is 0.504 e. The molecular weight excluding hydrogens is 172 g/mol. The molecule has 0 saturated carbocycles. The van der Waals surface area contributed by atoms with Crippen molar-refractivity contribution in [3.05, 3.63) is 17.2 Å². The number of benzene rings is 1. The maximum atomic E-state index is 10.2. The average Bonchev–Trinajstić information content (AvgIpc) is 2.11. The van der Waals surface area contributed by atoms with Crippen molar-refractivity contribution in [3.63, 3.8) is 0 Å². The van der Waals surface area contributed by atoms with Crippen LogP contribution in [-0.2, 0) is 11.2 Å². The Morgan fingerprint density at radius 2 is 1.85 bits per heavy atom. The number of carbonyl (C=O) groups is 1. The van der Waals surface area contributed by atoms with Crippen LogP contribution in [0.1, 0.15) is 11.1 Å². The summed E-state index contributed by atoms with van der Waals surface area (Å²) in [5.74, 6) is -1.36. The number of hydrogen-bond acceptors (Lipinski definition) is 4. The zero-order chi connectivity index (χ0) is 10.0. The molecule has 4 nitrogen and oxygen atoms in total. The molecule has 0 saturated heterocycles. The van der Waals surface area contributed by atoms with Gasteiger partial charge in [-0.1, -0.05) is 0 Å². The van der Waals surface area contributed by atoms with Crippen LogP contribution >= 0.6 is 0 Å². The molecule has 0 atom stereocenters. The van der Waals surface area contributed by atoms with E-state index in [4.69, 9.17) is 0 Å². The third-order valence-electron chi connectivity index (χ3n) is 1.82. The van der Waals surface area contributed by atoms with E-state index in [0.29, 0.717) is 17.4 Å². The van der Waals surface area contributed by atoms with Crippen molar-refractivity contribution < 1.29 is 20.1 Å². The topological polar surface area (TPSA) is 77.8 Å². The van der Waals surface area contributed by atoms with Gasteiger partial charge in [-0.15, -0.1) is 0 Å². The lowest BCUT2D eigenvalue weighted by atomic mass is 10.1. The van der Waals surface area contributed by atoms with Crippen LogP contribution in [0.25, 0.3) is 0 Å². The molecule has 0 amide bonds. The van der Waals surface area contributed by atoms with Crippen LogP contribution in [0.3, 0.4) is 0 Å². The van der Waals surface area contributed by atoms with Crippen molar-refractivity contribution in [1.82, 2.24) is 0 Å². The van der Waals surface area contributed by atoms with E-state index in [0.717, 1.165) is 0 Å². The molecule has 0 spiro atoms. The summed E-state index contributed by atoms with van der Waals surface area (Å²) in [5, 5.41) is 27.6. The fourth-order valence-electron chi connectivity index (χ4n) is 1.09. The molecule has 0 bridgehead atoms. The van der Waals surface area contributed by atoms with Gasteiger partial charge >= 0.3 is 0 Å². The van der Waals surface area contributed by atoms with Gasteiger partial charge in [-0.2, -0.15) is 0 Å². The van der Waals surface area contributed by atoms with E-state index in [-0.39, 0.29) is 12.2 Å². The van der Waals surface area contributed by atoms with Crippen molar-refractivity contribution in [2.45, 2.75) is 13.3 Å². The molecule has 0 heterocycles. The minimum Gasteiger partial charge on any atom is -0.504 e. The molecule has 70 valence electrons. The molecule has 3 N–H and O–H groups in total. The fraction of sp³-hybridized carbons (Fsp3) is 0.222. The number of hydrogen-bond donors (Lipinski definition) is 3. The Balaban J connectivity index is 3.31. The van der Waals surface area contributed by atoms with Gasteiger partial charge in [0.1, 0.15) is 6.29 Å². The highest BCUT2D eigenvalue weighted by molar-refractivity contribution is 5.63. The predicted molar refractivity (Wildman–Crippen MR) is 45.9 cm³/mol. The summed E-state index contributed by atoms with van der Waals surface area (Å²) in [6.07, 6.45) is 0.630. The second-order valence-electron chi connectivity index (χ2n) is 2.77. The number of aryl methyl sites for hydroxylation is 1. The van der Waals surface area contributed by atoms with Crippen LogP contribution < -0.4 is 0 Å². The molecule has 0 radical (unpaired) electrons. The van der Waals surface area contributed by atoms with E-state index < -0.39 is 11.5 Å². The molecule has 0 aliphatic carbocycles. The monoisotopic (exact) mass is 182 g/mol. The molecule has 0 unspecified atom stereocenters. The highest BCUT2D eigenvalue weighted by Gasteiger charge is 2.13. The number of aromatic hydroxyl groups is 3. The van der Waals surface area contributed by atoms with E-state index >= 15 is 0 Å². The third-order valence-corrected chi connectivity index (χ3v) is 1.82. The van der Waals surface area contributed by atoms with Crippen LogP contribution in [0, 0.1) is 6.92 Å². The first-order valence-electron chi connectivity index (χ1n) is 3.75. The summed E-state index contributed by atoms with van der Waals surface area (Å²) in [6, 6.07) is 1.46. The predicted octanol–water partition coefficient (Wildman–Crippen LogP) is 0.853. The summed E-state index contributed by atoms with van der Waals surface area (Å²) >= 11 is 0. The Kier molecular flexibility index (Phi) is 2.41. The summed E-state index contributed by atoms with van der Waals surface area (Å²) in [5.41, 5.74) is 0.731. The molecule has 0 aromatic heterocycles. The van der Waals surface area contributed by atoms with Crippen LogP contribution in [0.5, 0.6) is 17.2 Å². The van der Waals surface area contributed by atoms with Gasteiger partial charge in [0, 0.05) is 12.0 Å². The van der Waals surface area contributed by atoms with Crippen molar-refractivity contribution in [1.29, 1.82) is 0 Å². The van der Waals surface area contributed by atoms with Crippen molar-refractivity contribution in [3.8, 4) is 17.2 Å². The Hall–Kier alpha value is -1.71. The van der Waals surface area contributed by atoms with E-state index in [1.54, 1.807) is 6.92 Å². The van der Waals surface area contributed by atoms with Crippen molar-refractivity contribution in [2.24, 2.45) is 0 Å². The van der Waals surface area contributed by atoms with Crippen LogP contribution in [-0.4, -0.2) is 21.6 Å². The summed E-state index contributed by atoms with van der Waals surface area (Å²) in [6.45, 7) is 1.57. The van der Waals surface area contributed by atoms with Crippen LogP contribution in [0.4, 0.5) is 0 Å². The van der Waals surface area contributed by atoms with Crippen LogP contribution in [0.2, 0.25) is 0 Å². The third kappa shape index (κ3) is 1.56. The second-order valence-corrected chi connectivity index (χ2v) is 2.77. The normalized spacial score (nSPS) is 9.92. The number of phenols is 3. The Morgan fingerprint density at radius 3 is 2.38 bits per heavy atom. The first kappa shape index (κ1) is 9.38.